The average Bonchev–Trinajstić information content (AvgIpc) is 2.79. The van der Waals surface area contributed by atoms with Crippen LogP contribution in [0.5, 0.6) is 5.75 Å². The van der Waals surface area contributed by atoms with Crippen molar-refractivity contribution in [2.45, 2.75) is 19.8 Å². The summed E-state index contributed by atoms with van der Waals surface area (Å²) in [5.41, 5.74) is 3.62. The quantitative estimate of drug-likeness (QED) is 0.405. The molecule has 2 aromatic carbocycles. The van der Waals surface area contributed by atoms with Crippen LogP contribution in [0.15, 0.2) is 79.1 Å². The zero-order valence-electron chi connectivity index (χ0n) is 16.8. The Bertz CT molecular complexity index is 1160. The molecule has 1 N–H and O–H groups in total. The lowest BCUT2D eigenvalue weighted by Gasteiger charge is -2.12. The lowest BCUT2D eigenvalue weighted by atomic mass is 10.0. The van der Waals surface area contributed by atoms with Gasteiger partial charge in [0.05, 0.1) is 35.3 Å². The molecular formula is C25H23N3O2. The smallest absolute Gasteiger partial charge is 0.256 e. The number of fused-ring (bicyclic) bond motifs is 1. The first-order valence-corrected chi connectivity index (χ1v) is 10.1. The zero-order valence-corrected chi connectivity index (χ0v) is 16.8. The van der Waals surface area contributed by atoms with Gasteiger partial charge in [-0.25, -0.2) is 4.98 Å². The van der Waals surface area contributed by atoms with Crippen LogP contribution in [0.25, 0.3) is 22.2 Å². The Labute approximate surface area is 175 Å². The molecule has 1 amide bonds. The molecule has 4 aromatic rings. The molecular weight excluding hydrogens is 374 g/mol. The molecule has 5 nitrogen and oxygen atoms in total. The predicted molar refractivity (Wildman–Crippen MR) is 120 cm³/mol. The van der Waals surface area contributed by atoms with Crippen LogP contribution in [0, 0.1) is 0 Å². The summed E-state index contributed by atoms with van der Waals surface area (Å²) in [7, 11) is 0. The Hall–Kier alpha value is -3.73. The molecule has 4 rings (SSSR count). The molecule has 0 unspecified atom stereocenters. The number of pyridine rings is 2. The minimum Gasteiger partial charge on any atom is -0.494 e. The summed E-state index contributed by atoms with van der Waals surface area (Å²) < 4.78 is 5.84. The van der Waals surface area contributed by atoms with Crippen LogP contribution in [0.3, 0.4) is 0 Å². The standard InChI is InChI=1S/C25H23N3O2/c1-2-3-14-30-20-10-6-8-18(15-20)24-16-22(21-11-4-5-12-23(21)28-24)25(29)27-19-9-7-13-26-17-19/h4-13,15-17H,2-3,14H2,1H3,(H,27,29). The van der Waals surface area contributed by atoms with Gasteiger partial charge in [-0.2, -0.15) is 0 Å². The highest BCUT2D eigenvalue weighted by molar-refractivity contribution is 6.13. The van der Waals surface area contributed by atoms with Crippen molar-refractivity contribution >= 4 is 22.5 Å². The Morgan fingerprint density at radius 3 is 2.77 bits per heavy atom. The van der Waals surface area contributed by atoms with Gasteiger partial charge in [0.1, 0.15) is 5.75 Å². The van der Waals surface area contributed by atoms with Crippen molar-refractivity contribution in [1.82, 2.24) is 9.97 Å². The number of unbranched alkanes of at least 4 members (excludes halogenated alkanes) is 1. The molecule has 0 aliphatic heterocycles. The molecule has 5 heteroatoms. The first-order chi connectivity index (χ1) is 14.7. The van der Waals surface area contributed by atoms with E-state index in [-0.39, 0.29) is 5.91 Å². The van der Waals surface area contributed by atoms with Gasteiger partial charge in [-0.1, -0.05) is 43.7 Å². The van der Waals surface area contributed by atoms with Gasteiger partial charge in [0.2, 0.25) is 0 Å². The van der Waals surface area contributed by atoms with Gasteiger partial charge in [0.25, 0.3) is 5.91 Å². The highest BCUT2D eigenvalue weighted by Crippen LogP contribution is 2.28. The van der Waals surface area contributed by atoms with E-state index in [1.807, 2.05) is 60.7 Å². The normalized spacial score (nSPS) is 10.7. The lowest BCUT2D eigenvalue weighted by molar-refractivity contribution is 0.102. The van der Waals surface area contributed by atoms with Crippen LogP contribution in [0.4, 0.5) is 5.69 Å². The van der Waals surface area contributed by atoms with E-state index in [0.29, 0.717) is 17.9 Å². The predicted octanol–water partition coefficient (Wildman–Crippen LogP) is 5.73. The van der Waals surface area contributed by atoms with E-state index in [1.54, 1.807) is 18.5 Å². The van der Waals surface area contributed by atoms with Gasteiger partial charge in [-0.05, 0) is 42.8 Å². The number of anilines is 1. The minimum atomic E-state index is -0.196. The van der Waals surface area contributed by atoms with E-state index < -0.39 is 0 Å². The maximum Gasteiger partial charge on any atom is 0.256 e. The monoisotopic (exact) mass is 397 g/mol. The third-order valence-electron chi connectivity index (χ3n) is 4.78. The average molecular weight is 397 g/mol. The van der Waals surface area contributed by atoms with Crippen molar-refractivity contribution in [3.05, 3.63) is 84.7 Å². The van der Waals surface area contributed by atoms with E-state index in [0.717, 1.165) is 40.8 Å². The number of rotatable bonds is 7. The van der Waals surface area contributed by atoms with Crippen molar-refractivity contribution in [2.75, 3.05) is 11.9 Å². The number of hydrogen-bond donors (Lipinski definition) is 1. The van der Waals surface area contributed by atoms with E-state index in [1.165, 1.54) is 0 Å². The molecule has 0 radical (unpaired) electrons. The molecule has 0 atom stereocenters. The Morgan fingerprint density at radius 1 is 1.03 bits per heavy atom. The molecule has 0 bridgehead atoms. The van der Waals surface area contributed by atoms with Gasteiger partial charge in [-0.15, -0.1) is 0 Å². The Morgan fingerprint density at radius 2 is 1.93 bits per heavy atom. The summed E-state index contributed by atoms with van der Waals surface area (Å²) >= 11 is 0. The SMILES string of the molecule is CCCCOc1cccc(-c2cc(C(=O)Nc3cccnc3)c3ccccc3n2)c1. The van der Waals surface area contributed by atoms with Crippen molar-refractivity contribution in [1.29, 1.82) is 0 Å². The van der Waals surface area contributed by atoms with Crippen LogP contribution in [0.2, 0.25) is 0 Å². The summed E-state index contributed by atoms with van der Waals surface area (Å²) in [5, 5.41) is 3.72. The number of carbonyl (C=O) groups excluding carboxylic acids is 1. The van der Waals surface area contributed by atoms with E-state index in [2.05, 4.69) is 17.2 Å². The summed E-state index contributed by atoms with van der Waals surface area (Å²) in [6.45, 7) is 2.82. The van der Waals surface area contributed by atoms with E-state index in [9.17, 15) is 4.79 Å². The molecule has 30 heavy (non-hydrogen) atoms. The van der Waals surface area contributed by atoms with Crippen molar-refractivity contribution in [2.24, 2.45) is 0 Å². The summed E-state index contributed by atoms with van der Waals surface area (Å²) in [5.74, 6) is 0.607. The van der Waals surface area contributed by atoms with Crippen LogP contribution >= 0.6 is 0 Å². The van der Waals surface area contributed by atoms with Gasteiger partial charge in [0, 0.05) is 17.1 Å². The number of amides is 1. The van der Waals surface area contributed by atoms with Crippen LogP contribution < -0.4 is 10.1 Å². The Balaban J connectivity index is 1.72. The molecule has 0 saturated heterocycles. The molecule has 2 aromatic heterocycles. The fourth-order valence-corrected chi connectivity index (χ4v) is 3.23. The van der Waals surface area contributed by atoms with Crippen LogP contribution in [-0.2, 0) is 0 Å². The van der Waals surface area contributed by atoms with E-state index in [4.69, 9.17) is 9.72 Å². The largest absolute Gasteiger partial charge is 0.494 e. The highest BCUT2D eigenvalue weighted by atomic mass is 16.5. The fraction of sp³-hybridized carbons (Fsp3) is 0.160. The first kappa shape index (κ1) is 19.6. The molecule has 0 aliphatic rings. The number of carbonyl (C=O) groups is 1. The molecule has 150 valence electrons. The van der Waals surface area contributed by atoms with Gasteiger partial charge >= 0.3 is 0 Å². The maximum absolute atomic E-state index is 13.1. The van der Waals surface area contributed by atoms with Crippen LogP contribution in [0.1, 0.15) is 30.1 Å². The van der Waals surface area contributed by atoms with E-state index >= 15 is 0 Å². The molecule has 0 fully saturated rings. The molecule has 0 spiro atoms. The maximum atomic E-state index is 13.1. The number of nitrogens with zero attached hydrogens (tertiary/aromatic N) is 2. The first-order valence-electron chi connectivity index (χ1n) is 10.1. The second-order valence-corrected chi connectivity index (χ2v) is 7.00. The van der Waals surface area contributed by atoms with Crippen molar-refractivity contribution in [3.8, 4) is 17.0 Å². The molecule has 2 heterocycles. The number of ether oxygens (including phenoxy) is 1. The Kier molecular flexibility index (Phi) is 5.99. The second-order valence-electron chi connectivity index (χ2n) is 7.00. The summed E-state index contributed by atoms with van der Waals surface area (Å²) in [4.78, 5) is 21.9. The summed E-state index contributed by atoms with van der Waals surface area (Å²) in [6.07, 6.45) is 5.39. The van der Waals surface area contributed by atoms with Gasteiger partial charge in [-0.3, -0.25) is 9.78 Å². The zero-order chi connectivity index (χ0) is 20.8. The third-order valence-corrected chi connectivity index (χ3v) is 4.78. The van der Waals surface area contributed by atoms with Crippen molar-refractivity contribution in [3.63, 3.8) is 0 Å². The lowest BCUT2D eigenvalue weighted by Crippen LogP contribution is -2.13. The minimum absolute atomic E-state index is 0.196. The van der Waals surface area contributed by atoms with Crippen molar-refractivity contribution < 1.29 is 9.53 Å². The molecule has 0 aliphatic carbocycles. The number of hydrogen-bond acceptors (Lipinski definition) is 4. The third kappa shape index (κ3) is 4.46. The highest BCUT2D eigenvalue weighted by Gasteiger charge is 2.14. The number of aromatic nitrogens is 2. The summed E-state index contributed by atoms with van der Waals surface area (Å²) in [6, 6.07) is 20.9. The number of nitrogens with one attached hydrogen (secondary N) is 1. The molecule has 0 saturated carbocycles. The van der Waals surface area contributed by atoms with Crippen LogP contribution in [-0.4, -0.2) is 22.5 Å². The topological polar surface area (TPSA) is 64.1 Å². The second kappa shape index (κ2) is 9.18. The van der Waals surface area contributed by atoms with Gasteiger partial charge < -0.3 is 10.1 Å². The fourth-order valence-electron chi connectivity index (χ4n) is 3.23. The number of para-hydroxylation sites is 1. The van der Waals surface area contributed by atoms with Gasteiger partial charge in [0.15, 0.2) is 0 Å². The number of benzene rings is 2.